The van der Waals surface area contributed by atoms with E-state index >= 15 is 0 Å². The molecule has 1 aromatic carbocycles. The number of benzene rings is 1. The van der Waals surface area contributed by atoms with Gasteiger partial charge in [-0.25, -0.2) is 13.2 Å². The van der Waals surface area contributed by atoms with E-state index in [4.69, 9.17) is 0 Å². The molecule has 0 saturated heterocycles. The Balaban J connectivity index is 2.44. The molecule has 8 heteroatoms. The lowest BCUT2D eigenvalue weighted by molar-refractivity contribution is 0.0401. The highest BCUT2D eigenvalue weighted by molar-refractivity contribution is 7.90. The van der Waals surface area contributed by atoms with Gasteiger partial charge in [0.25, 0.3) is 15.9 Å². The molecule has 1 aliphatic heterocycles. The number of alkyl halides is 1. The summed E-state index contributed by atoms with van der Waals surface area (Å²) < 4.78 is 40.5. The van der Waals surface area contributed by atoms with Crippen molar-refractivity contribution in [1.29, 1.82) is 0 Å². The molecule has 0 aromatic heterocycles. The van der Waals surface area contributed by atoms with E-state index in [1.54, 1.807) is 0 Å². The van der Waals surface area contributed by atoms with Crippen molar-refractivity contribution >= 4 is 22.0 Å². The number of terminal acetylenes is 1. The van der Waals surface area contributed by atoms with Crippen molar-refractivity contribution in [2.24, 2.45) is 0 Å². The van der Waals surface area contributed by atoms with Gasteiger partial charge < -0.3 is 4.74 Å². The molecule has 1 heterocycles. The van der Waals surface area contributed by atoms with E-state index in [0.29, 0.717) is 0 Å². The van der Waals surface area contributed by atoms with Crippen LogP contribution in [-0.4, -0.2) is 31.1 Å². The third-order valence-corrected chi connectivity index (χ3v) is 4.03. The number of halogens is 1. The van der Waals surface area contributed by atoms with Gasteiger partial charge in [0.2, 0.25) is 0 Å². The van der Waals surface area contributed by atoms with Crippen molar-refractivity contribution in [3.8, 4) is 12.3 Å². The summed E-state index contributed by atoms with van der Waals surface area (Å²) in [6.45, 7) is 0. The van der Waals surface area contributed by atoms with Crippen LogP contribution in [0.1, 0.15) is 10.4 Å². The summed E-state index contributed by atoms with van der Waals surface area (Å²) in [5, 5.41) is 0. The predicted octanol–water partition coefficient (Wildman–Crippen LogP) is 0.897. The summed E-state index contributed by atoms with van der Waals surface area (Å²) in [6, 6.07) is 5.21. The minimum absolute atomic E-state index is 0.151. The molecule has 0 bridgehead atoms. The third-order valence-electron chi connectivity index (χ3n) is 2.32. The van der Waals surface area contributed by atoms with Crippen molar-refractivity contribution in [3.05, 3.63) is 29.8 Å². The molecule has 0 N–H and O–H groups in total. The quantitative estimate of drug-likeness (QED) is 0.715. The first kappa shape index (κ1) is 13.0. The largest absolute Gasteiger partial charge is 0.434 e. The average molecular weight is 283 g/mol. The molecule has 2 rings (SSSR count). The number of hydrogen-bond acceptors (Lipinski definition) is 5. The van der Waals surface area contributed by atoms with Crippen LogP contribution in [0.2, 0.25) is 0 Å². The summed E-state index contributed by atoms with van der Waals surface area (Å²) >= 11 is 0. The molecule has 6 nitrogen and oxygen atoms in total. The van der Waals surface area contributed by atoms with Gasteiger partial charge >= 0.3 is 12.5 Å². The van der Waals surface area contributed by atoms with Crippen LogP contribution in [0.25, 0.3) is 0 Å². The highest BCUT2D eigenvalue weighted by Gasteiger charge is 2.46. The molecular weight excluding hydrogens is 277 g/mol. The van der Waals surface area contributed by atoms with Crippen molar-refractivity contribution in [2.45, 2.75) is 11.3 Å². The normalized spacial score (nSPS) is 17.5. The zero-order valence-electron chi connectivity index (χ0n) is 9.24. The van der Waals surface area contributed by atoms with Gasteiger partial charge in [0.1, 0.15) is 4.90 Å². The Kier molecular flexibility index (Phi) is 3.00. The number of imide groups is 1. The van der Waals surface area contributed by atoms with Gasteiger partial charge in [0, 0.05) is 0 Å². The first-order valence-electron chi connectivity index (χ1n) is 4.89. The van der Waals surface area contributed by atoms with Gasteiger partial charge in [-0.2, -0.15) is 4.39 Å². The van der Waals surface area contributed by atoms with E-state index < -0.39 is 28.4 Å². The van der Waals surface area contributed by atoms with E-state index in [1.165, 1.54) is 24.1 Å². The number of sulfonamides is 1. The Bertz CT molecular complexity index is 706. The second kappa shape index (κ2) is 4.37. The maximum Gasteiger partial charge on any atom is 0.434 e. The molecule has 0 spiro atoms. The lowest BCUT2D eigenvalue weighted by atomic mass is 10.2. The minimum Gasteiger partial charge on any atom is -0.402 e. The maximum absolute atomic E-state index is 12.7. The topological polar surface area (TPSA) is 80.8 Å². The van der Waals surface area contributed by atoms with Crippen LogP contribution in [-0.2, 0) is 14.8 Å². The molecule has 1 aliphatic rings. The third kappa shape index (κ3) is 1.94. The number of rotatable bonds is 1. The lowest BCUT2D eigenvalue weighted by Crippen LogP contribution is -2.37. The van der Waals surface area contributed by atoms with E-state index in [0.717, 1.165) is 6.07 Å². The van der Waals surface area contributed by atoms with Gasteiger partial charge in [-0.3, -0.25) is 4.79 Å². The molecular formula is C11H6FNO5S. The van der Waals surface area contributed by atoms with Crippen molar-refractivity contribution in [1.82, 2.24) is 4.31 Å². The zero-order chi connectivity index (χ0) is 14.2. The Morgan fingerprint density at radius 3 is 2.63 bits per heavy atom. The number of ether oxygens (including phenoxy) is 1. The zero-order valence-corrected chi connectivity index (χ0v) is 10.1. The molecule has 2 amide bonds. The first-order chi connectivity index (χ1) is 8.89. The highest BCUT2D eigenvalue weighted by atomic mass is 32.2. The van der Waals surface area contributed by atoms with Crippen molar-refractivity contribution in [3.63, 3.8) is 0 Å². The summed E-state index contributed by atoms with van der Waals surface area (Å²) in [5.74, 6) is 0.333. The fourth-order valence-corrected chi connectivity index (χ4v) is 2.97. The van der Waals surface area contributed by atoms with Gasteiger partial charge in [0.15, 0.2) is 0 Å². The van der Waals surface area contributed by atoms with Crippen LogP contribution in [0, 0.1) is 12.3 Å². The maximum atomic E-state index is 12.7. The number of carbonyl (C=O) groups excluding carboxylic acids is 2. The second-order valence-electron chi connectivity index (χ2n) is 3.44. The number of carbonyl (C=O) groups is 2. The Labute approximate surface area is 107 Å². The predicted molar refractivity (Wildman–Crippen MR) is 60.0 cm³/mol. The smallest absolute Gasteiger partial charge is 0.402 e. The lowest BCUT2D eigenvalue weighted by Gasteiger charge is -2.13. The van der Waals surface area contributed by atoms with Crippen LogP contribution in [0.3, 0.4) is 0 Å². The summed E-state index contributed by atoms with van der Waals surface area (Å²) in [7, 11) is -4.37. The van der Waals surface area contributed by atoms with Crippen LogP contribution in [0.5, 0.6) is 0 Å². The standard InChI is InChI=1S/C11H6FNO5S/c1-2-9(12)18-11(15)13-10(14)7-5-3-4-6-8(7)19(13,16)17/h1,3-6,9H. The molecule has 98 valence electrons. The number of amides is 2. The number of hydrogen-bond donors (Lipinski definition) is 0. The molecule has 1 atom stereocenters. The van der Waals surface area contributed by atoms with Gasteiger partial charge in [-0.05, 0) is 18.1 Å². The number of fused-ring (bicyclic) bond motifs is 1. The minimum atomic E-state index is -4.37. The fourth-order valence-electron chi connectivity index (χ4n) is 1.54. The Morgan fingerprint density at radius 2 is 2.05 bits per heavy atom. The summed E-state index contributed by atoms with van der Waals surface area (Å²) in [5.41, 5.74) is -0.185. The Hall–Kier alpha value is -2.40. The molecule has 0 saturated carbocycles. The van der Waals surface area contributed by atoms with E-state index in [2.05, 4.69) is 11.2 Å². The monoisotopic (exact) mass is 283 g/mol. The van der Waals surface area contributed by atoms with Gasteiger partial charge in [-0.15, -0.1) is 10.7 Å². The van der Waals surface area contributed by atoms with Gasteiger partial charge in [-0.1, -0.05) is 12.1 Å². The van der Waals surface area contributed by atoms with Crippen molar-refractivity contribution in [2.75, 3.05) is 0 Å². The second-order valence-corrected chi connectivity index (χ2v) is 5.19. The molecule has 19 heavy (non-hydrogen) atoms. The van der Waals surface area contributed by atoms with Crippen LogP contribution >= 0.6 is 0 Å². The highest BCUT2D eigenvalue weighted by Crippen LogP contribution is 2.30. The molecule has 1 unspecified atom stereocenters. The van der Waals surface area contributed by atoms with E-state index in [9.17, 15) is 22.4 Å². The van der Waals surface area contributed by atoms with Crippen LogP contribution < -0.4 is 0 Å². The number of nitrogens with zero attached hydrogens (tertiary/aromatic N) is 1. The Morgan fingerprint density at radius 1 is 1.42 bits per heavy atom. The first-order valence-corrected chi connectivity index (χ1v) is 6.33. The SMILES string of the molecule is C#CC(F)OC(=O)N1C(=O)c2ccccc2S1(=O)=O. The van der Waals surface area contributed by atoms with E-state index in [-0.39, 0.29) is 14.8 Å². The molecule has 0 radical (unpaired) electrons. The van der Waals surface area contributed by atoms with Gasteiger partial charge in [0.05, 0.1) is 5.56 Å². The average Bonchev–Trinajstić information content (AvgIpc) is 2.57. The summed E-state index contributed by atoms with van der Waals surface area (Å²) in [6.07, 6.45) is 0.545. The molecule has 1 aromatic rings. The fraction of sp³-hybridized carbons (Fsp3) is 0.0909. The molecule has 0 fully saturated rings. The van der Waals surface area contributed by atoms with Crippen molar-refractivity contribution < 1.29 is 27.1 Å². The van der Waals surface area contributed by atoms with Crippen LogP contribution in [0.15, 0.2) is 29.2 Å². The van der Waals surface area contributed by atoms with E-state index in [1.807, 2.05) is 0 Å². The van der Waals surface area contributed by atoms with Crippen LogP contribution in [0.4, 0.5) is 9.18 Å². The summed E-state index contributed by atoms with van der Waals surface area (Å²) in [4.78, 5) is 22.9. The molecule has 0 aliphatic carbocycles.